The van der Waals surface area contributed by atoms with Gasteiger partial charge in [0.1, 0.15) is 0 Å². The monoisotopic (exact) mass is 343 g/mol. The van der Waals surface area contributed by atoms with Crippen LogP contribution in [0, 0.1) is 0 Å². The lowest BCUT2D eigenvalue weighted by molar-refractivity contribution is 0.914. The van der Waals surface area contributed by atoms with E-state index in [0.717, 1.165) is 31.4 Å². The van der Waals surface area contributed by atoms with E-state index < -0.39 is 0 Å². The van der Waals surface area contributed by atoms with Crippen molar-refractivity contribution in [3.63, 3.8) is 0 Å². The van der Waals surface area contributed by atoms with Crippen molar-refractivity contribution in [3.8, 4) is 11.3 Å². The number of hydrogen-bond donors (Lipinski definition) is 0. The van der Waals surface area contributed by atoms with E-state index in [1.807, 2.05) is 6.20 Å². The van der Waals surface area contributed by atoms with Crippen LogP contribution in [0.1, 0.15) is 48.9 Å². The fraction of sp³-hybridized carbons (Fsp3) is 0.320. The van der Waals surface area contributed by atoms with Crippen LogP contribution in [0.2, 0.25) is 0 Å². The minimum Gasteiger partial charge on any atom is -0.256 e. The Morgan fingerprint density at radius 1 is 0.538 bits per heavy atom. The highest BCUT2D eigenvalue weighted by molar-refractivity contribution is 5.59. The van der Waals surface area contributed by atoms with Crippen LogP contribution in [0.5, 0.6) is 0 Å². The lowest BCUT2D eigenvalue weighted by Gasteiger charge is -2.06. The Morgan fingerprint density at radius 3 is 1.50 bits per heavy atom. The number of rotatable bonds is 8. The molecule has 0 aliphatic rings. The molecule has 26 heavy (non-hydrogen) atoms. The normalized spacial score (nSPS) is 10.8. The fourth-order valence-electron chi connectivity index (χ4n) is 3.32. The molecule has 134 valence electrons. The van der Waals surface area contributed by atoms with Gasteiger partial charge in [-0.1, -0.05) is 81.3 Å². The third kappa shape index (κ3) is 5.05. The quantitative estimate of drug-likeness (QED) is 0.458. The van der Waals surface area contributed by atoms with Crippen LogP contribution in [0.4, 0.5) is 0 Å². The van der Waals surface area contributed by atoms with Gasteiger partial charge >= 0.3 is 0 Å². The minimum atomic E-state index is 1.06. The average molecular weight is 344 g/mol. The molecule has 0 radical (unpaired) electrons. The summed E-state index contributed by atoms with van der Waals surface area (Å²) in [5.41, 5.74) is 7.82. The van der Waals surface area contributed by atoms with Gasteiger partial charge in [0.25, 0.3) is 0 Å². The number of hydrogen-bond acceptors (Lipinski definition) is 1. The third-order valence-electron chi connectivity index (χ3n) is 4.88. The molecule has 3 rings (SSSR count). The predicted octanol–water partition coefficient (Wildman–Crippen LogP) is 6.44. The molecule has 0 bridgehead atoms. The molecule has 3 aromatic rings. The Kier molecular flexibility index (Phi) is 6.60. The average Bonchev–Trinajstić information content (AvgIpc) is 2.69. The number of nitrogens with zero attached hydrogens (tertiary/aromatic N) is 1. The van der Waals surface area contributed by atoms with Gasteiger partial charge in [-0.15, -0.1) is 0 Å². The summed E-state index contributed by atoms with van der Waals surface area (Å²) in [4.78, 5) is 4.61. The maximum Gasteiger partial charge on any atom is 0.0702 e. The Bertz CT molecular complexity index is 783. The van der Waals surface area contributed by atoms with Crippen LogP contribution in [-0.2, 0) is 25.7 Å². The van der Waals surface area contributed by atoms with Gasteiger partial charge in [0.2, 0.25) is 0 Å². The van der Waals surface area contributed by atoms with E-state index in [2.05, 4.69) is 79.5 Å². The lowest BCUT2D eigenvalue weighted by Crippen LogP contribution is -1.93. The molecule has 1 nitrogen and oxygen atoms in total. The highest BCUT2D eigenvalue weighted by atomic mass is 14.7. The smallest absolute Gasteiger partial charge is 0.0702 e. The zero-order valence-corrected chi connectivity index (χ0v) is 16.0. The van der Waals surface area contributed by atoms with Crippen molar-refractivity contribution >= 4 is 0 Å². The van der Waals surface area contributed by atoms with Crippen LogP contribution in [0.15, 0.2) is 66.9 Å². The second kappa shape index (κ2) is 9.33. The summed E-state index contributed by atoms with van der Waals surface area (Å²) in [5, 5.41) is 0. The minimum absolute atomic E-state index is 1.06. The van der Waals surface area contributed by atoms with E-state index in [4.69, 9.17) is 0 Å². The highest BCUT2D eigenvalue weighted by Gasteiger charge is 2.02. The number of aromatic nitrogens is 1. The summed E-state index contributed by atoms with van der Waals surface area (Å²) in [6.07, 6.45) is 8.83. The van der Waals surface area contributed by atoms with Crippen molar-refractivity contribution < 1.29 is 0 Å². The summed E-state index contributed by atoms with van der Waals surface area (Å²) in [6, 6.07) is 22.3. The van der Waals surface area contributed by atoms with Crippen molar-refractivity contribution in [2.75, 3.05) is 0 Å². The molecule has 0 saturated carbocycles. The summed E-state index contributed by atoms with van der Waals surface area (Å²) in [5.74, 6) is 0. The maximum atomic E-state index is 4.61. The van der Waals surface area contributed by atoms with Crippen LogP contribution in [-0.4, -0.2) is 4.98 Å². The zero-order chi connectivity index (χ0) is 18.2. The number of pyridine rings is 1. The molecule has 0 aliphatic heterocycles. The molecular weight excluding hydrogens is 314 g/mol. The van der Waals surface area contributed by atoms with E-state index in [-0.39, 0.29) is 0 Å². The van der Waals surface area contributed by atoms with E-state index in [1.165, 1.54) is 40.7 Å². The molecule has 0 saturated heterocycles. The van der Waals surface area contributed by atoms with Crippen LogP contribution in [0.3, 0.4) is 0 Å². The second-order valence-corrected chi connectivity index (χ2v) is 7.07. The summed E-state index contributed by atoms with van der Waals surface area (Å²) in [7, 11) is 0. The first-order chi connectivity index (χ1) is 12.8. The van der Waals surface area contributed by atoms with Crippen LogP contribution in [0.25, 0.3) is 11.3 Å². The molecule has 0 aliphatic carbocycles. The molecule has 0 unspecified atom stereocenters. The van der Waals surface area contributed by atoms with Gasteiger partial charge in [-0.2, -0.15) is 0 Å². The molecular formula is C25H29N. The van der Waals surface area contributed by atoms with E-state index in [0.29, 0.717) is 0 Å². The zero-order valence-electron chi connectivity index (χ0n) is 16.0. The first kappa shape index (κ1) is 18.4. The van der Waals surface area contributed by atoms with Crippen LogP contribution >= 0.6 is 0 Å². The molecule has 1 heterocycles. The van der Waals surface area contributed by atoms with Gasteiger partial charge in [0.15, 0.2) is 0 Å². The Balaban J connectivity index is 1.58. The maximum absolute atomic E-state index is 4.61. The predicted molar refractivity (Wildman–Crippen MR) is 112 cm³/mol. The molecule has 1 heteroatoms. The largest absolute Gasteiger partial charge is 0.256 e. The topological polar surface area (TPSA) is 12.9 Å². The van der Waals surface area contributed by atoms with Gasteiger partial charge in [-0.3, -0.25) is 4.98 Å². The van der Waals surface area contributed by atoms with Crippen molar-refractivity contribution in [2.24, 2.45) is 0 Å². The molecule has 0 atom stereocenters. The molecule has 0 fully saturated rings. The van der Waals surface area contributed by atoms with Gasteiger partial charge < -0.3 is 0 Å². The molecule has 0 amide bonds. The lowest BCUT2D eigenvalue weighted by atomic mass is 10.0. The van der Waals surface area contributed by atoms with E-state index in [1.54, 1.807) is 0 Å². The molecule has 0 spiro atoms. The summed E-state index contributed by atoms with van der Waals surface area (Å²) >= 11 is 0. The Hall–Kier alpha value is -2.41. The van der Waals surface area contributed by atoms with Crippen molar-refractivity contribution in [2.45, 2.75) is 52.4 Å². The summed E-state index contributed by atoms with van der Waals surface area (Å²) < 4.78 is 0. The second-order valence-electron chi connectivity index (χ2n) is 7.07. The highest BCUT2D eigenvalue weighted by Crippen LogP contribution is 2.19. The SMILES string of the molecule is CCCc1ccc(CCc2ccc(-c3ccc(CCC)cn3)cc2)cc1. The van der Waals surface area contributed by atoms with Gasteiger partial charge in [0, 0.05) is 11.8 Å². The Labute approximate surface area is 158 Å². The van der Waals surface area contributed by atoms with Crippen molar-refractivity contribution in [1.82, 2.24) is 4.98 Å². The van der Waals surface area contributed by atoms with Gasteiger partial charge in [-0.25, -0.2) is 0 Å². The molecule has 2 aromatic carbocycles. The first-order valence-electron chi connectivity index (χ1n) is 9.90. The van der Waals surface area contributed by atoms with E-state index in [9.17, 15) is 0 Å². The number of aryl methyl sites for hydroxylation is 4. The Morgan fingerprint density at radius 2 is 1.00 bits per heavy atom. The van der Waals surface area contributed by atoms with Crippen molar-refractivity contribution in [3.05, 3.63) is 89.1 Å². The fourth-order valence-corrected chi connectivity index (χ4v) is 3.32. The van der Waals surface area contributed by atoms with Crippen LogP contribution < -0.4 is 0 Å². The first-order valence-corrected chi connectivity index (χ1v) is 9.90. The van der Waals surface area contributed by atoms with Crippen molar-refractivity contribution in [1.29, 1.82) is 0 Å². The molecule has 1 aromatic heterocycles. The standard InChI is InChI=1S/C25H29N/c1-3-5-20-7-9-21(10-8-20)11-12-22-13-16-24(17-14-22)25-18-15-23(6-4-2)19-26-25/h7-10,13-19H,3-6,11-12H2,1-2H3. The third-order valence-corrected chi connectivity index (χ3v) is 4.88. The van der Waals surface area contributed by atoms with E-state index >= 15 is 0 Å². The molecule has 0 N–H and O–H groups in total. The number of benzene rings is 2. The van der Waals surface area contributed by atoms with Gasteiger partial charge in [0.05, 0.1) is 5.69 Å². The van der Waals surface area contributed by atoms with Gasteiger partial charge in [-0.05, 0) is 54.0 Å². The summed E-state index contributed by atoms with van der Waals surface area (Å²) in [6.45, 7) is 4.43.